The molecule has 1 heterocycles. The first-order valence-electron chi connectivity index (χ1n) is 7.74. The molecule has 3 heteroatoms. The normalized spacial score (nSPS) is 19.9. The fraction of sp³-hybridized carbons (Fsp3) is 0.647. The Morgan fingerprint density at radius 1 is 1.25 bits per heavy atom. The van der Waals surface area contributed by atoms with E-state index in [9.17, 15) is 9.50 Å². The first-order chi connectivity index (χ1) is 9.51. The number of hydrogen-bond donors (Lipinski definition) is 1. The molecule has 0 saturated carbocycles. The van der Waals surface area contributed by atoms with Crippen molar-refractivity contribution >= 4 is 5.69 Å². The van der Waals surface area contributed by atoms with Crippen molar-refractivity contribution in [1.82, 2.24) is 0 Å². The minimum atomic E-state index is -0.635. The molecule has 1 aromatic rings. The summed E-state index contributed by atoms with van der Waals surface area (Å²) in [6, 6.07) is 4.76. The van der Waals surface area contributed by atoms with Crippen molar-refractivity contribution in [2.45, 2.75) is 52.6 Å². The minimum absolute atomic E-state index is 0.280. The second-order valence-electron chi connectivity index (χ2n) is 6.07. The van der Waals surface area contributed by atoms with E-state index in [4.69, 9.17) is 0 Å². The topological polar surface area (TPSA) is 23.5 Å². The summed E-state index contributed by atoms with van der Waals surface area (Å²) in [5.41, 5.74) is 2.16. The molecule has 0 spiro atoms. The predicted molar refractivity (Wildman–Crippen MR) is 81.5 cm³/mol. The van der Waals surface area contributed by atoms with Crippen LogP contribution in [0.2, 0.25) is 0 Å². The van der Waals surface area contributed by atoms with E-state index < -0.39 is 6.10 Å². The zero-order chi connectivity index (χ0) is 14.8. The number of piperidine rings is 1. The van der Waals surface area contributed by atoms with Gasteiger partial charge in [-0.15, -0.1) is 0 Å². The molecule has 1 aliphatic rings. The summed E-state index contributed by atoms with van der Waals surface area (Å²) in [5, 5.41) is 9.86. The molecule has 1 aliphatic heterocycles. The van der Waals surface area contributed by atoms with E-state index in [1.165, 1.54) is 37.8 Å². The van der Waals surface area contributed by atoms with Gasteiger partial charge in [0, 0.05) is 24.3 Å². The average molecular weight is 279 g/mol. The molecular weight excluding hydrogens is 253 g/mol. The molecule has 2 rings (SSSR count). The number of halogens is 1. The van der Waals surface area contributed by atoms with E-state index >= 15 is 0 Å². The summed E-state index contributed by atoms with van der Waals surface area (Å²) in [5.74, 6) is -0.280. The largest absolute Gasteiger partial charge is 0.389 e. The lowest BCUT2D eigenvalue weighted by atomic mass is 9.74. The minimum Gasteiger partial charge on any atom is -0.389 e. The van der Waals surface area contributed by atoms with Gasteiger partial charge in [-0.1, -0.05) is 26.7 Å². The molecule has 0 bridgehead atoms. The molecule has 20 heavy (non-hydrogen) atoms. The molecular formula is C17H26FNO. The predicted octanol–water partition coefficient (Wildman–Crippen LogP) is 4.29. The molecule has 0 aromatic heterocycles. The molecule has 1 aromatic carbocycles. The zero-order valence-electron chi connectivity index (χ0n) is 12.8. The molecule has 1 saturated heterocycles. The van der Waals surface area contributed by atoms with Gasteiger partial charge < -0.3 is 10.0 Å². The lowest BCUT2D eigenvalue weighted by molar-refractivity contribution is 0.192. The highest BCUT2D eigenvalue weighted by Crippen LogP contribution is 2.40. The standard InChI is InChI=1S/C17H26FNO/c1-4-17(5-2)8-10-19(11-9-17)16-7-6-14(18)12-15(16)13(3)20/h6-7,12-13,20H,4-5,8-11H2,1-3H3. The maximum absolute atomic E-state index is 13.4. The fourth-order valence-electron chi connectivity index (χ4n) is 3.33. The van der Waals surface area contributed by atoms with E-state index in [0.29, 0.717) is 11.0 Å². The lowest BCUT2D eigenvalue weighted by Gasteiger charge is -2.42. The summed E-state index contributed by atoms with van der Waals surface area (Å²) in [4.78, 5) is 2.30. The van der Waals surface area contributed by atoms with Crippen LogP contribution < -0.4 is 4.90 Å². The van der Waals surface area contributed by atoms with E-state index in [0.717, 1.165) is 18.8 Å². The Bertz CT molecular complexity index is 444. The molecule has 112 valence electrons. The van der Waals surface area contributed by atoms with Crippen LogP contribution in [0.15, 0.2) is 18.2 Å². The number of hydrogen-bond acceptors (Lipinski definition) is 2. The number of rotatable bonds is 4. The summed E-state index contributed by atoms with van der Waals surface area (Å²) >= 11 is 0. The van der Waals surface area contributed by atoms with Crippen molar-refractivity contribution in [3.8, 4) is 0 Å². The maximum atomic E-state index is 13.4. The molecule has 1 atom stereocenters. The van der Waals surface area contributed by atoms with Gasteiger partial charge in [-0.3, -0.25) is 0 Å². The van der Waals surface area contributed by atoms with Crippen molar-refractivity contribution in [2.75, 3.05) is 18.0 Å². The summed E-state index contributed by atoms with van der Waals surface area (Å²) in [6.07, 6.45) is 4.17. The highest BCUT2D eigenvalue weighted by molar-refractivity contribution is 5.55. The Morgan fingerprint density at radius 2 is 1.85 bits per heavy atom. The van der Waals surface area contributed by atoms with Crippen LogP contribution in [-0.4, -0.2) is 18.2 Å². The monoisotopic (exact) mass is 279 g/mol. The van der Waals surface area contributed by atoms with Gasteiger partial charge in [0.05, 0.1) is 6.10 Å². The highest BCUT2D eigenvalue weighted by Gasteiger charge is 2.32. The average Bonchev–Trinajstić information content (AvgIpc) is 2.47. The third-order valence-corrected chi connectivity index (χ3v) is 5.10. The molecule has 1 N–H and O–H groups in total. The Labute approximate surface area is 121 Å². The van der Waals surface area contributed by atoms with Crippen molar-refractivity contribution in [2.24, 2.45) is 5.41 Å². The summed E-state index contributed by atoms with van der Waals surface area (Å²) in [6.45, 7) is 8.24. The summed E-state index contributed by atoms with van der Waals surface area (Å²) in [7, 11) is 0. The number of aliphatic hydroxyl groups is 1. The first kappa shape index (κ1) is 15.3. The van der Waals surface area contributed by atoms with Crippen LogP contribution in [0.3, 0.4) is 0 Å². The van der Waals surface area contributed by atoms with E-state index in [1.807, 2.05) is 6.07 Å². The molecule has 1 unspecified atom stereocenters. The third-order valence-electron chi connectivity index (χ3n) is 5.10. The van der Waals surface area contributed by atoms with Gasteiger partial charge in [0.15, 0.2) is 0 Å². The van der Waals surface area contributed by atoms with Crippen LogP contribution in [0.4, 0.5) is 10.1 Å². The quantitative estimate of drug-likeness (QED) is 0.889. The van der Waals surface area contributed by atoms with Crippen LogP contribution in [0.1, 0.15) is 58.1 Å². The number of aliphatic hydroxyl groups excluding tert-OH is 1. The lowest BCUT2D eigenvalue weighted by Crippen LogP contribution is -2.40. The van der Waals surface area contributed by atoms with Crippen LogP contribution in [0, 0.1) is 11.2 Å². The van der Waals surface area contributed by atoms with Gasteiger partial charge in [0.1, 0.15) is 5.82 Å². The molecule has 0 amide bonds. The Hall–Kier alpha value is -1.09. The van der Waals surface area contributed by atoms with Crippen LogP contribution >= 0.6 is 0 Å². The maximum Gasteiger partial charge on any atom is 0.123 e. The molecule has 0 radical (unpaired) electrons. The SMILES string of the molecule is CCC1(CC)CCN(c2ccc(F)cc2C(C)O)CC1. The van der Waals surface area contributed by atoms with Gasteiger partial charge in [-0.25, -0.2) is 4.39 Å². The highest BCUT2D eigenvalue weighted by atomic mass is 19.1. The van der Waals surface area contributed by atoms with Crippen LogP contribution in [0.25, 0.3) is 0 Å². The third kappa shape index (κ3) is 2.98. The van der Waals surface area contributed by atoms with Gasteiger partial charge in [-0.05, 0) is 43.4 Å². The second-order valence-corrected chi connectivity index (χ2v) is 6.07. The van der Waals surface area contributed by atoms with Crippen molar-refractivity contribution in [3.63, 3.8) is 0 Å². The Kier molecular flexibility index (Phi) is 4.69. The number of anilines is 1. The van der Waals surface area contributed by atoms with Gasteiger partial charge in [0.2, 0.25) is 0 Å². The first-order valence-corrected chi connectivity index (χ1v) is 7.74. The molecule has 1 fully saturated rings. The van der Waals surface area contributed by atoms with Crippen LogP contribution in [0.5, 0.6) is 0 Å². The van der Waals surface area contributed by atoms with E-state index in [1.54, 1.807) is 6.92 Å². The van der Waals surface area contributed by atoms with Crippen LogP contribution in [-0.2, 0) is 0 Å². The Morgan fingerprint density at radius 3 is 2.35 bits per heavy atom. The number of nitrogens with zero attached hydrogens (tertiary/aromatic N) is 1. The van der Waals surface area contributed by atoms with Gasteiger partial charge in [-0.2, -0.15) is 0 Å². The zero-order valence-corrected chi connectivity index (χ0v) is 12.8. The van der Waals surface area contributed by atoms with E-state index in [2.05, 4.69) is 18.7 Å². The number of benzene rings is 1. The molecule has 0 aliphatic carbocycles. The Balaban J connectivity index is 2.18. The fourth-order valence-corrected chi connectivity index (χ4v) is 3.33. The van der Waals surface area contributed by atoms with Crippen molar-refractivity contribution < 1.29 is 9.50 Å². The smallest absolute Gasteiger partial charge is 0.123 e. The van der Waals surface area contributed by atoms with Gasteiger partial charge >= 0.3 is 0 Å². The van der Waals surface area contributed by atoms with Crippen molar-refractivity contribution in [1.29, 1.82) is 0 Å². The van der Waals surface area contributed by atoms with E-state index in [-0.39, 0.29) is 5.82 Å². The summed E-state index contributed by atoms with van der Waals surface area (Å²) < 4.78 is 13.4. The van der Waals surface area contributed by atoms with Gasteiger partial charge in [0.25, 0.3) is 0 Å². The molecule has 2 nitrogen and oxygen atoms in total. The van der Waals surface area contributed by atoms with Crippen molar-refractivity contribution in [3.05, 3.63) is 29.6 Å². The second kappa shape index (κ2) is 6.13.